The summed E-state index contributed by atoms with van der Waals surface area (Å²) in [7, 11) is 0. The topological polar surface area (TPSA) is 75.3 Å². The van der Waals surface area contributed by atoms with Crippen LogP contribution in [0.25, 0.3) is 0 Å². The van der Waals surface area contributed by atoms with E-state index >= 15 is 0 Å². The Morgan fingerprint density at radius 3 is 2.24 bits per heavy atom. The maximum Gasteiger partial charge on any atom is 0.255 e. The number of halogens is 4. The van der Waals surface area contributed by atoms with Gasteiger partial charge in [-0.1, -0.05) is 29.8 Å². The van der Waals surface area contributed by atoms with E-state index in [0.717, 1.165) is 12.1 Å². The van der Waals surface area contributed by atoms with E-state index in [4.69, 9.17) is 23.2 Å². The molecule has 0 fully saturated rings. The molecule has 2 N–H and O–H groups in total. The first-order valence-corrected chi connectivity index (χ1v) is 11.7. The highest BCUT2D eigenvalue weighted by Gasteiger charge is 2.19. The van der Waals surface area contributed by atoms with Gasteiger partial charge in [-0.05, 0) is 78.7 Å². The first kappa shape index (κ1) is 26.0. The molecule has 0 saturated carbocycles. The molecule has 0 aromatic heterocycles. The lowest BCUT2D eigenvalue weighted by atomic mass is 9.96. The molecule has 0 aliphatic rings. The van der Waals surface area contributed by atoms with Gasteiger partial charge < -0.3 is 10.6 Å². The van der Waals surface area contributed by atoms with Gasteiger partial charge in [0.15, 0.2) is 5.78 Å². The Balaban J connectivity index is 1.58. The van der Waals surface area contributed by atoms with E-state index in [0.29, 0.717) is 11.3 Å². The Labute approximate surface area is 221 Å². The predicted octanol–water partition coefficient (Wildman–Crippen LogP) is 7.53. The summed E-state index contributed by atoms with van der Waals surface area (Å²) in [5.74, 6) is -2.44. The summed E-state index contributed by atoms with van der Waals surface area (Å²) >= 11 is 12.0. The number of carbonyl (C=O) groups excluding carboxylic acids is 3. The van der Waals surface area contributed by atoms with E-state index in [9.17, 15) is 23.2 Å². The lowest BCUT2D eigenvalue weighted by molar-refractivity contribution is 0.102. The van der Waals surface area contributed by atoms with Crippen LogP contribution in [0.5, 0.6) is 0 Å². The molecule has 0 heterocycles. The monoisotopic (exact) mass is 538 g/mol. The first-order chi connectivity index (χ1) is 17.6. The average molecular weight is 539 g/mol. The van der Waals surface area contributed by atoms with Crippen molar-refractivity contribution in [3.05, 3.63) is 123 Å². The minimum Gasteiger partial charge on any atom is -0.353 e. The second-order valence-electron chi connectivity index (χ2n) is 8.08. The quantitative estimate of drug-likeness (QED) is 0.188. The van der Waals surface area contributed by atoms with Gasteiger partial charge in [-0.2, -0.15) is 0 Å². The fourth-order valence-corrected chi connectivity index (χ4v) is 4.07. The summed E-state index contributed by atoms with van der Waals surface area (Å²) < 4.78 is 27.1. The maximum absolute atomic E-state index is 14.0. The van der Waals surface area contributed by atoms with E-state index in [1.165, 1.54) is 36.4 Å². The van der Waals surface area contributed by atoms with Crippen molar-refractivity contribution in [3.63, 3.8) is 0 Å². The SMILES string of the molecule is Cc1ccc(C(=O)Nc2ccccc2C(=O)Cl)cc1C(=O)c1ccc(Nc2ccc(F)cc2F)cc1Cl. The summed E-state index contributed by atoms with van der Waals surface area (Å²) in [5.41, 5.74) is 2.04. The van der Waals surface area contributed by atoms with Crippen LogP contribution in [-0.4, -0.2) is 16.9 Å². The van der Waals surface area contributed by atoms with Gasteiger partial charge in [-0.3, -0.25) is 14.4 Å². The molecule has 186 valence electrons. The summed E-state index contributed by atoms with van der Waals surface area (Å²) in [6.45, 7) is 1.72. The number of hydrogen-bond acceptors (Lipinski definition) is 4. The van der Waals surface area contributed by atoms with Crippen LogP contribution in [0, 0.1) is 18.6 Å². The summed E-state index contributed by atoms with van der Waals surface area (Å²) in [6.07, 6.45) is 0. The molecule has 37 heavy (non-hydrogen) atoms. The smallest absolute Gasteiger partial charge is 0.255 e. The molecule has 4 aromatic carbocycles. The molecule has 4 rings (SSSR count). The van der Waals surface area contributed by atoms with Crippen molar-refractivity contribution in [1.29, 1.82) is 0 Å². The molecule has 4 aromatic rings. The third-order valence-electron chi connectivity index (χ3n) is 5.56. The van der Waals surface area contributed by atoms with Crippen LogP contribution >= 0.6 is 23.2 Å². The number of hydrogen-bond donors (Lipinski definition) is 2. The van der Waals surface area contributed by atoms with Gasteiger partial charge in [0.25, 0.3) is 11.1 Å². The Kier molecular flexibility index (Phi) is 7.66. The fourth-order valence-electron chi connectivity index (χ4n) is 3.63. The van der Waals surface area contributed by atoms with Crippen molar-refractivity contribution in [1.82, 2.24) is 0 Å². The molecule has 0 radical (unpaired) electrons. The number of nitrogens with one attached hydrogen (secondary N) is 2. The third kappa shape index (κ3) is 5.85. The highest BCUT2D eigenvalue weighted by atomic mass is 35.5. The van der Waals surface area contributed by atoms with Crippen LogP contribution in [0.2, 0.25) is 5.02 Å². The molecule has 0 spiro atoms. The number of aryl methyl sites for hydroxylation is 1. The summed E-state index contributed by atoms with van der Waals surface area (Å²) in [4.78, 5) is 37.8. The van der Waals surface area contributed by atoms with Crippen molar-refractivity contribution >= 4 is 57.2 Å². The number of benzene rings is 4. The van der Waals surface area contributed by atoms with Crippen molar-refractivity contribution in [2.75, 3.05) is 10.6 Å². The van der Waals surface area contributed by atoms with Gasteiger partial charge in [0.05, 0.1) is 22.0 Å². The van der Waals surface area contributed by atoms with Crippen molar-refractivity contribution in [3.8, 4) is 0 Å². The minimum absolute atomic E-state index is 0.0449. The molecule has 0 aliphatic heterocycles. The fraction of sp³-hybridized carbons (Fsp3) is 0.0357. The predicted molar refractivity (Wildman–Crippen MR) is 140 cm³/mol. The van der Waals surface area contributed by atoms with E-state index in [1.807, 2.05) is 0 Å². The molecule has 0 unspecified atom stereocenters. The molecule has 0 atom stereocenters. The van der Waals surface area contributed by atoms with Gasteiger partial charge >= 0.3 is 0 Å². The van der Waals surface area contributed by atoms with Gasteiger partial charge in [-0.15, -0.1) is 0 Å². The zero-order chi connectivity index (χ0) is 26.7. The molecule has 5 nitrogen and oxygen atoms in total. The van der Waals surface area contributed by atoms with Gasteiger partial charge in [0.2, 0.25) is 0 Å². The molecule has 0 aliphatic carbocycles. The zero-order valence-corrected chi connectivity index (χ0v) is 20.8. The molecule has 0 saturated heterocycles. The normalized spacial score (nSPS) is 10.6. The minimum atomic E-state index is -0.778. The van der Waals surface area contributed by atoms with Crippen LogP contribution < -0.4 is 10.6 Å². The van der Waals surface area contributed by atoms with E-state index in [1.54, 1.807) is 37.3 Å². The number of anilines is 3. The molecule has 1 amide bonds. The van der Waals surface area contributed by atoms with Gasteiger partial charge in [0.1, 0.15) is 11.6 Å². The maximum atomic E-state index is 14.0. The second kappa shape index (κ2) is 10.9. The molecular weight excluding hydrogens is 521 g/mol. The average Bonchev–Trinajstić information content (AvgIpc) is 2.86. The number of para-hydroxylation sites is 1. The van der Waals surface area contributed by atoms with E-state index in [-0.39, 0.29) is 38.7 Å². The Hall–Kier alpha value is -4.07. The summed E-state index contributed by atoms with van der Waals surface area (Å²) in [6, 6.07) is 18.5. The largest absolute Gasteiger partial charge is 0.353 e. The number of amides is 1. The summed E-state index contributed by atoms with van der Waals surface area (Å²) in [5, 5.41) is 4.81. The number of rotatable bonds is 7. The highest BCUT2D eigenvalue weighted by Crippen LogP contribution is 2.28. The van der Waals surface area contributed by atoms with Crippen molar-refractivity contribution in [2.45, 2.75) is 6.92 Å². The van der Waals surface area contributed by atoms with Crippen LogP contribution in [-0.2, 0) is 0 Å². The molecule has 0 bridgehead atoms. The van der Waals surface area contributed by atoms with Crippen LogP contribution in [0.3, 0.4) is 0 Å². The Morgan fingerprint density at radius 1 is 0.784 bits per heavy atom. The van der Waals surface area contributed by atoms with Crippen molar-refractivity contribution < 1.29 is 23.2 Å². The zero-order valence-electron chi connectivity index (χ0n) is 19.2. The van der Waals surface area contributed by atoms with E-state index in [2.05, 4.69) is 10.6 Å². The van der Waals surface area contributed by atoms with Gasteiger partial charge in [0, 0.05) is 28.4 Å². The van der Waals surface area contributed by atoms with Crippen LogP contribution in [0.15, 0.2) is 78.9 Å². The first-order valence-electron chi connectivity index (χ1n) is 10.9. The Morgan fingerprint density at radius 2 is 1.54 bits per heavy atom. The van der Waals surface area contributed by atoms with Crippen LogP contribution in [0.1, 0.15) is 42.2 Å². The highest BCUT2D eigenvalue weighted by molar-refractivity contribution is 6.68. The molecule has 9 heteroatoms. The standard InChI is InChI=1S/C28H18Cl2F2N2O3/c1-15-6-7-16(28(37)34-24-5-3-2-4-20(24)27(30)36)12-21(15)26(35)19-10-9-18(14-22(19)29)33-25-11-8-17(31)13-23(25)32/h2-14,33H,1H3,(H,34,37). The molecular formula is C28H18Cl2F2N2O3. The lowest BCUT2D eigenvalue weighted by Gasteiger charge is -2.13. The van der Waals surface area contributed by atoms with Crippen LogP contribution in [0.4, 0.5) is 25.8 Å². The van der Waals surface area contributed by atoms with E-state index < -0.39 is 28.6 Å². The number of carbonyl (C=O) groups is 3. The second-order valence-corrected chi connectivity index (χ2v) is 8.83. The van der Waals surface area contributed by atoms with Crippen molar-refractivity contribution in [2.24, 2.45) is 0 Å². The lowest BCUT2D eigenvalue weighted by Crippen LogP contribution is -2.15. The third-order valence-corrected chi connectivity index (χ3v) is 6.07. The number of ketones is 1. The van der Waals surface area contributed by atoms with Gasteiger partial charge in [-0.25, -0.2) is 8.78 Å². The Bertz CT molecular complexity index is 1560.